The standard InChI is InChI=1S/C11H11F3N2OS/c12-11(13,14)10-15-4-8(18-10)9(17)6-3-5-1-2-7(6)16-5/h4-7,16H,1-3H2. The molecular formula is C11H11F3N2OS. The summed E-state index contributed by atoms with van der Waals surface area (Å²) in [6.07, 6.45) is -0.669. The van der Waals surface area contributed by atoms with Crippen LogP contribution in [0.4, 0.5) is 13.2 Å². The van der Waals surface area contributed by atoms with Gasteiger partial charge in [-0.3, -0.25) is 4.79 Å². The van der Waals surface area contributed by atoms with E-state index in [1.165, 1.54) is 0 Å². The van der Waals surface area contributed by atoms with Crippen LogP contribution in [0.25, 0.3) is 0 Å². The molecule has 1 aromatic heterocycles. The Kier molecular flexibility index (Phi) is 2.71. The first-order valence-electron chi connectivity index (χ1n) is 5.78. The van der Waals surface area contributed by atoms with Crippen LogP contribution in [0.15, 0.2) is 6.20 Å². The van der Waals surface area contributed by atoms with Gasteiger partial charge in [0.15, 0.2) is 10.8 Å². The summed E-state index contributed by atoms with van der Waals surface area (Å²) in [5.41, 5.74) is 0. The monoisotopic (exact) mass is 276 g/mol. The van der Waals surface area contributed by atoms with Crippen molar-refractivity contribution < 1.29 is 18.0 Å². The van der Waals surface area contributed by atoms with E-state index in [2.05, 4.69) is 10.3 Å². The number of nitrogens with zero attached hydrogens (tertiary/aromatic N) is 1. The lowest BCUT2D eigenvalue weighted by atomic mass is 9.86. The van der Waals surface area contributed by atoms with Crippen LogP contribution in [0.5, 0.6) is 0 Å². The number of fused-ring (bicyclic) bond motifs is 2. The second-order valence-corrected chi connectivity index (χ2v) is 5.81. The lowest BCUT2D eigenvalue weighted by Gasteiger charge is -2.17. The Morgan fingerprint density at radius 3 is 2.72 bits per heavy atom. The first-order valence-corrected chi connectivity index (χ1v) is 6.60. The van der Waals surface area contributed by atoms with Crippen molar-refractivity contribution in [2.75, 3.05) is 0 Å². The molecule has 0 amide bonds. The van der Waals surface area contributed by atoms with Gasteiger partial charge in [-0.25, -0.2) is 4.98 Å². The molecule has 2 aliphatic rings. The maximum absolute atomic E-state index is 12.4. The molecular weight excluding hydrogens is 265 g/mol. The van der Waals surface area contributed by atoms with E-state index in [1.807, 2.05) is 0 Å². The number of nitrogens with one attached hydrogen (secondary N) is 1. The summed E-state index contributed by atoms with van der Waals surface area (Å²) in [6, 6.07) is 0.498. The molecule has 0 saturated carbocycles. The number of Topliss-reactive ketones (excluding diaryl/α,β-unsaturated/α-hetero) is 1. The minimum Gasteiger partial charge on any atom is -0.310 e. The van der Waals surface area contributed by atoms with E-state index in [4.69, 9.17) is 0 Å². The molecule has 3 nitrogen and oxygen atoms in total. The zero-order chi connectivity index (χ0) is 12.9. The second-order valence-electron chi connectivity index (χ2n) is 4.78. The zero-order valence-corrected chi connectivity index (χ0v) is 10.1. The lowest BCUT2D eigenvalue weighted by molar-refractivity contribution is -0.137. The first-order chi connectivity index (χ1) is 8.45. The molecule has 3 rings (SSSR count). The van der Waals surface area contributed by atoms with Gasteiger partial charge >= 0.3 is 6.18 Å². The molecule has 3 heterocycles. The third kappa shape index (κ3) is 1.95. The second kappa shape index (κ2) is 4.03. The van der Waals surface area contributed by atoms with Gasteiger partial charge in [0.25, 0.3) is 0 Å². The number of carbonyl (C=O) groups is 1. The fourth-order valence-corrected chi connectivity index (χ4v) is 3.60. The van der Waals surface area contributed by atoms with Gasteiger partial charge in [-0.2, -0.15) is 13.2 Å². The maximum Gasteiger partial charge on any atom is 0.443 e. The summed E-state index contributed by atoms with van der Waals surface area (Å²) in [6.45, 7) is 0. The van der Waals surface area contributed by atoms with E-state index >= 15 is 0 Å². The minimum absolute atomic E-state index is 0.127. The van der Waals surface area contributed by atoms with Gasteiger partial charge in [-0.15, -0.1) is 11.3 Å². The van der Waals surface area contributed by atoms with Crippen molar-refractivity contribution in [1.82, 2.24) is 10.3 Å². The zero-order valence-electron chi connectivity index (χ0n) is 9.33. The van der Waals surface area contributed by atoms with Crippen molar-refractivity contribution in [1.29, 1.82) is 0 Å². The number of hydrogen-bond donors (Lipinski definition) is 1. The van der Waals surface area contributed by atoms with Crippen LogP contribution in [-0.2, 0) is 6.18 Å². The van der Waals surface area contributed by atoms with Crippen molar-refractivity contribution >= 4 is 17.1 Å². The average molecular weight is 276 g/mol. The molecule has 18 heavy (non-hydrogen) atoms. The van der Waals surface area contributed by atoms with Crippen LogP contribution < -0.4 is 5.32 Å². The number of rotatable bonds is 2. The van der Waals surface area contributed by atoms with Crippen molar-refractivity contribution in [3.63, 3.8) is 0 Å². The quantitative estimate of drug-likeness (QED) is 0.844. The van der Waals surface area contributed by atoms with E-state index < -0.39 is 11.2 Å². The number of aromatic nitrogens is 1. The van der Waals surface area contributed by atoms with E-state index in [-0.39, 0.29) is 22.6 Å². The van der Waals surface area contributed by atoms with Crippen LogP contribution in [0.2, 0.25) is 0 Å². The van der Waals surface area contributed by atoms with Crippen LogP contribution in [-0.4, -0.2) is 22.9 Å². The molecule has 7 heteroatoms. The van der Waals surface area contributed by atoms with Gasteiger partial charge in [-0.1, -0.05) is 0 Å². The molecule has 0 spiro atoms. The summed E-state index contributed by atoms with van der Waals surface area (Å²) >= 11 is 0.449. The smallest absolute Gasteiger partial charge is 0.310 e. The number of thiazole rings is 1. The normalized spacial score (nSPS) is 30.9. The van der Waals surface area contributed by atoms with Crippen molar-refractivity contribution in [3.05, 3.63) is 16.1 Å². The van der Waals surface area contributed by atoms with Gasteiger partial charge in [0.1, 0.15) is 0 Å². The van der Waals surface area contributed by atoms with Gasteiger partial charge in [-0.05, 0) is 19.3 Å². The van der Waals surface area contributed by atoms with Gasteiger partial charge < -0.3 is 5.32 Å². The summed E-state index contributed by atoms with van der Waals surface area (Å²) in [5.74, 6) is -0.368. The Labute approximate surface area is 105 Å². The molecule has 98 valence electrons. The number of halogens is 3. The molecule has 1 aromatic rings. The molecule has 0 aromatic carbocycles. The molecule has 3 unspecified atom stereocenters. The van der Waals surface area contributed by atoms with Crippen LogP contribution in [0.1, 0.15) is 33.9 Å². The molecule has 3 atom stereocenters. The highest BCUT2D eigenvalue weighted by atomic mass is 32.1. The number of alkyl halides is 3. The van der Waals surface area contributed by atoms with Crippen LogP contribution in [0.3, 0.4) is 0 Å². The van der Waals surface area contributed by atoms with Gasteiger partial charge in [0, 0.05) is 24.2 Å². The van der Waals surface area contributed by atoms with Gasteiger partial charge in [0.2, 0.25) is 0 Å². The molecule has 2 fully saturated rings. The predicted octanol–water partition coefficient (Wildman–Crippen LogP) is 2.49. The van der Waals surface area contributed by atoms with E-state index in [1.54, 1.807) is 0 Å². The van der Waals surface area contributed by atoms with E-state index in [0.717, 1.165) is 25.5 Å². The van der Waals surface area contributed by atoms with Crippen LogP contribution >= 0.6 is 11.3 Å². The third-order valence-electron chi connectivity index (χ3n) is 3.63. The Morgan fingerprint density at radius 2 is 2.22 bits per heavy atom. The molecule has 1 N–H and O–H groups in total. The largest absolute Gasteiger partial charge is 0.443 e. The highest BCUT2D eigenvalue weighted by Gasteiger charge is 2.44. The van der Waals surface area contributed by atoms with Crippen molar-refractivity contribution in [3.8, 4) is 0 Å². The Bertz CT molecular complexity index is 485. The first kappa shape index (κ1) is 12.1. The van der Waals surface area contributed by atoms with Crippen molar-refractivity contribution in [2.45, 2.75) is 37.5 Å². The summed E-state index contributed by atoms with van der Waals surface area (Å²) in [7, 11) is 0. The summed E-state index contributed by atoms with van der Waals surface area (Å²) in [4.78, 5) is 15.6. The lowest BCUT2D eigenvalue weighted by Crippen LogP contribution is -2.28. The third-order valence-corrected chi connectivity index (χ3v) is 4.68. The van der Waals surface area contributed by atoms with E-state index in [0.29, 0.717) is 17.4 Å². The fraction of sp³-hybridized carbons (Fsp3) is 0.636. The average Bonchev–Trinajstić information content (AvgIpc) is 3.02. The predicted molar refractivity (Wildman–Crippen MR) is 59.5 cm³/mol. The molecule has 0 aliphatic carbocycles. The minimum atomic E-state index is -4.46. The maximum atomic E-state index is 12.4. The van der Waals surface area contributed by atoms with Crippen LogP contribution in [0, 0.1) is 5.92 Å². The Balaban J connectivity index is 1.79. The molecule has 2 aliphatic heterocycles. The number of carbonyl (C=O) groups excluding carboxylic acids is 1. The highest BCUT2D eigenvalue weighted by molar-refractivity contribution is 7.13. The number of ketones is 1. The summed E-state index contributed by atoms with van der Waals surface area (Å²) < 4.78 is 37.2. The van der Waals surface area contributed by atoms with Gasteiger partial charge in [0.05, 0.1) is 4.88 Å². The molecule has 2 bridgehead atoms. The highest BCUT2D eigenvalue weighted by Crippen LogP contribution is 2.38. The van der Waals surface area contributed by atoms with Crippen molar-refractivity contribution in [2.24, 2.45) is 5.92 Å². The molecule has 0 radical (unpaired) electrons. The summed E-state index contributed by atoms with van der Waals surface area (Å²) in [5, 5.41) is 2.36. The molecule has 2 saturated heterocycles. The van der Waals surface area contributed by atoms with E-state index in [9.17, 15) is 18.0 Å². The Hall–Kier alpha value is -0.950. The number of hydrogen-bond acceptors (Lipinski definition) is 4. The SMILES string of the molecule is O=C(c1cnc(C(F)(F)F)s1)C1CC2CCC1N2. The topological polar surface area (TPSA) is 42.0 Å². The Morgan fingerprint density at radius 1 is 1.44 bits per heavy atom. The fourth-order valence-electron chi connectivity index (χ4n) is 2.82.